The Balaban J connectivity index is 1.10. The van der Waals surface area contributed by atoms with Gasteiger partial charge in [-0.05, 0) is 60.8 Å². The molecule has 1 saturated heterocycles. The minimum Gasteiger partial charge on any atom is -0.481 e. The van der Waals surface area contributed by atoms with Crippen LogP contribution in [0.1, 0.15) is 55.6 Å². The number of rotatable bonds is 5. The number of likely N-dealkylation sites (tertiary alicyclic amines) is 1. The number of hydrogen-bond donors (Lipinski definition) is 2. The fourth-order valence-corrected chi connectivity index (χ4v) is 5.93. The molecule has 3 aliphatic rings. The van der Waals surface area contributed by atoms with Crippen LogP contribution >= 0.6 is 0 Å². The number of nitrogens with one attached hydrogen (secondary N) is 1. The molecule has 1 saturated carbocycles. The number of carbonyl (C=O) groups is 3. The van der Waals surface area contributed by atoms with E-state index < -0.39 is 18.0 Å². The van der Waals surface area contributed by atoms with Gasteiger partial charge in [0.05, 0.1) is 5.92 Å². The summed E-state index contributed by atoms with van der Waals surface area (Å²) in [5, 5.41) is 12.3. The summed E-state index contributed by atoms with van der Waals surface area (Å²) in [5.41, 5.74) is 4.76. The van der Waals surface area contributed by atoms with Crippen LogP contribution in [-0.4, -0.2) is 53.7 Å². The molecule has 0 spiro atoms. The lowest BCUT2D eigenvalue weighted by Gasteiger charge is -2.35. The molecule has 2 aromatic rings. The summed E-state index contributed by atoms with van der Waals surface area (Å²) in [6, 6.07) is 16.5. The van der Waals surface area contributed by atoms with Crippen LogP contribution in [-0.2, 0) is 14.3 Å². The zero-order valence-corrected chi connectivity index (χ0v) is 19.8. The maximum Gasteiger partial charge on any atom is 0.407 e. The van der Waals surface area contributed by atoms with Crippen LogP contribution in [0.15, 0.2) is 48.5 Å². The zero-order chi connectivity index (χ0) is 24.4. The number of nitrogens with zero attached hydrogens (tertiary/aromatic N) is 1. The fourth-order valence-electron chi connectivity index (χ4n) is 5.93. The number of piperidine rings is 1. The van der Waals surface area contributed by atoms with E-state index in [4.69, 9.17) is 4.74 Å². The molecule has 35 heavy (non-hydrogen) atoms. The van der Waals surface area contributed by atoms with E-state index in [0.29, 0.717) is 32.4 Å². The second-order valence-corrected chi connectivity index (χ2v) is 9.98. The van der Waals surface area contributed by atoms with Gasteiger partial charge in [0.2, 0.25) is 5.91 Å². The first-order chi connectivity index (χ1) is 17.0. The van der Waals surface area contributed by atoms with Gasteiger partial charge in [-0.3, -0.25) is 9.59 Å². The van der Waals surface area contributed by atoms with E-state index in [1.165, 1.54) is 22.3 Å². The van der Waals surface area contributed by atoms with E-state index in [2.05, 4.69) is 29.6 Å². The van der Waals surface area contributed by atoms with Gasteiger partial charge < -0.3 is 20.1 Å². The molecule has 5 rings (SSSR count). The molecular weight excluding hydrogens is 444 g/mol. The van der Waals surface area contributed by atoms with Crippen LogP contribution in [0.25, 0.3) is 11.1 Å². The number of alkyl carbamates (subject to hydrolysis) is 1. The lowest BCUT2D eigenvalue weighted by molar-refractivity contribution is -0.147. The summed E-state index contributed by atoms with van der Waals surface area (Å²) in [6.45, 7) is 1.24. The van der Waals surface area contributed by atoms with Crippen LogP contribution in [0.4, 0.5) is 4.79 Å². The Morgan fingerprint density at radius 2 is 1.51 bits per heavy atom. The van der Waals surface area contributed by atoms with E-state index in [1.54, 1.807) is 4.90 Å². The number of carboxylic acid groups (broad SMARTS) is 1. The van der Waals surface area contributed by atoms with E-state index >= 15 is 0 Å². The smallest absolute Gasteiger partial charge is 0.407 e. The molecule has 0 unspecified atom stereocenters. The van der Waals surface area contributed by atoms with Crippen LogP contribution in [0.5, 0.6) is 0 Å². The van der Waals surface area contributed by atoms with Crippen molar-refractivity contribution in [2.24, 2.45) is 11.8 Å². The zero-order valence-electron chi connectivity index (χ0n) is 19.8. The lowest BCUT2D eigenvalue weighted by atomic mass is 9.84. The standard InChI is InChI=1S/C28H32N2O5/c31-26(30-15-5-6-19(16-30)27(32)33)18-11-13-20(14-12-18)29-28(34)35-17-25-23-9-3-1-7-21(23)22-8-2-4-10-24(22)25/h1-4,7-10,18-20,25H,5-6,11-17H2,(H,29,34)(H,32,33)/t18?,19-,20?/m0/s1. The van der Waals surface area contributed by atoms with Crippen LogP contribution in [0, 0.1) is 11.8 Å². The van der Waals surface area contributed by atoms with Crippen molar-refractivity contribution in [1.29, 1.82) is 0 Å². The Bertz CT molecular complexity index is 1060. The van der Waals surface area contributed by atoms with Crippen molar-refractivity contribution in [3.63, 3.8) is 0 Å². The normalized spacial score (nSPS) is 23.8. The molecule has 184 valence electrons. The molecule has 2 aliphatic carbocycles. The Labute approximate surface area is 205 Å². The van der Waals surface area contributed by atoms with Crippen LogP contribution < -0.4 is 5.32 Å². The van der Waals surface area contributed by atoms with Gasteiger partial charge in [0.15, 0.2) is 0 Å². The average Bonchev–Trinajstić information content (AvgIpc) is 3.21. The number of ether oxygens (including phenoxy) is 1. The Morgan fingerprint density at radius 1 is 0.886 bits per heavy atom. The summed E-state index contributed by atoms with van der Waals surface area (Å²) in [6.07, 6.45) is 3.79. The number of carbonyl (C=O) groups excluding carboxylic acids is 2. The molecule has 2 fully saturated rings. The predicted octanol–water partition coefficient (Wildman–Crippen LogP) is 4.41. The number of amides is 2. The molecule has 7 heteroatoms. The van der Waals surface area contributed by atoms with Gasteiger partial charge in [-0.15, -0.1) is 0 Å². The highest BCUT2D eigenvalue weighted by molar-refractivity contribution is 5.81. The Kier molecular flexibility index (Phi) is 6.75. The van der Waals surface area contributed by atoms with Gasteiger partial charge in [0.1, 0.15) is 6.61 Å². The highest BCUT2D eigenvalue weighted by Crippen LogP contribution is 2.44. The van der Waals surface area contributed by atoms with Gasteiger partial charge in [-0.2, -0.15) is 0 Å². The molecule has 2 N–H and O–H groups in total. The highest BCUT2D eigenvalue weighted by atomic mass is 16.5. The minimum absolute atomic E-state index is 0.0113. The highest BCUT2D eigenvalue weighted by Gasteiger charge is 2.34. The number of aliphatic carboxylic acids is 1. The van der Waals surface area contributed by atoms with Gasteiger partial charge in [-0.1, -0.05) is 48.5 Å². The van der Waals surface area contributed by atoms with Crippen molar-refractivity contribution in [1.82, 2.24) is 10.2 Å². The number of hydrogen-bond acceptors (Lipinski definition) is 4. The maximum atomic E-state index is 12.9. The SMILES string of the molecule is O=C(NC1CCC(C(=O)N2CCC[C@H](C(=O)O)C2)CC1)OCC1c2ccccc2-c2ccccc21. The maximum absolute atomic E-state index is 12.9. The second kappa shape index (κ2) is 10.1. The average molecular weight is 477 g/mol. The van der Waals surface area contributed by atoms with Crippen molar-refractivity contribution >= 4 is 18.0 Å². The van der Waals surface area contributed by atoms with Crippen LogP contribution in [0.2, 0.25) is 0 Å². The van der Waals surface area contributed by atoms with Gasteiger partial charge in [0, 0.05) is 31.0 Å². The first kappa shape index (κ1) is 23.4. The molecule has 1 atom stereocenters. The molecular formula is C28H32N2O5. The van der Waals surface area contributed by atoms with Gasteiger partial charge in [-0.25, -0.2) is 4.79 Å². The number of carboxylic acids is 1. The van der Waals surface area contributed by atoms with Gasteiger partial charge in [0.25, 0.3) is 0 Å². The molecule has 2 amide bonds. The Morgan fingerprint density at radius 3 is 2.14 bits per heavy atom. The fraction of sp³-hybridized carbons (Fsp3) is 0.464. The topological polar surface area (TPSA) is 95.9 Å². The lowest BCUT2D eigenvalue weighted by Crippen LogP contribution is -2.47. The third-order valence-electron chi connectivity index (χ3n) is 7.82. The molecule has 0 bridgehead atoms. The third-order valence-corrected chi connectivity index (χ3v) is 7.82. The first-order valence-electron chi connectivity index (χ1n) is 12.6. The summed E-state index contributed by atoms with van der Waals surface area (Å²) < 4.78 is 5.67. The first-order valence-corrected chi connectivity index (χ1v) is 12.6. The monoisotopic (exact) mass is 476 g/mol. The quantitative estimate of drug-likeness (QED) is 0.667. The molecule has 0 aromatic heterocycles. The van der Waals surface area contributed by atoms with E-state index in [-0.39, 0.29) is 30.4 Å². The largest absolute Gasteiger partial charge is 0.481 e. The molecule has 0 radical (unpaired) electrons. The number of fused-ring (bicyclic) bond motifs is 3. The van der Waals surface area contributed by atoms with Crippen molar-refractivity contribution in [3.8, 4) is 11.1 Å². The summed E-state index contributed by atoms with van der Waals surface area (Å²) in [4.78, 5) is 38.6. The Hall–Kier alpha value is -3.35. The van der Waals surface area contributed by atoms with Gasteiger partial charge >= 0.3 is 12.1 Å². The molecule has 1 aliphatic heterocycles. The summed E-state index contributed by atoms with van der Waals surface area (Å²) in [5.74, 6) is -1.28. The predicted molar refractivity (Wildman–Crippen MR) is 131 cm³/mol. The van der Waals surface area contributed by atoms with Crippen molar-refractivity contribution in [3.05, 3.63) is 59.7 Å². The van der Waals surface area contributed by atoms with E-state index in [9.17, 15) is 19.5 Å². The van der Waals surface area contributed by atoms with Crippen LogP contribution in [0.3, 0.4) is 0 Å². The number of benzene rings is 2. The third kappa shape index (κ3) is 4.90. The molecule has 1 heterocycles. The summed E-state index contributed by atoms with van der Waals surface area (Å²) in [7, 11) is 0. The minimum atomic E-state index is -0.821. The molecule has 7 nitrogen and oxygen atoms in total. The second-order valence-electron chi connectivity index (χ2n) is 9.98. The van der Waals surface area contributed by atoms with Crippen molar-refractivity contribution in [2.75, 3.05) is 19.7 Å². The van der Waals surface area contributed by atoms with E-state index in [0.717, 1.165) is 19.3 Å². The molecule has 2 aromatic carbocycles. The van der Waals surface area contributed by atoms with E-state index in [1.807, 2.05) is 24.3 Å². The van der Waals surface area contributed by atoms with Crippen molar-refractivity contribution in [2.45, 2.75) is 50.5 Å². The van der Waals surface area contributed by atoms with Crippen molar-refractivity contribution < 1.29 is 24.2 Å². The summed E-state index contributed by atoms with van der Waals surface area (Å²) >= 11 is 0.